The Kier molecular flexibility index (Phi) is 14.9. The highest BCUT2D eigenvalue weighted by atomic mass is 16.4. The summed E-state index contributed by atoms with van der Waals surface area (Å²) in [4.78, 5) is 129. The van der Waals surface area contributed by atoms with Crippen molar-refractivity contribution in [1.29, 1.82) is 0 Å². The molecular weight excluding hydrogens is 887 g/mol. The van der Waals surface area contributed by atoms with Gasteiger partial charge in [-0.05, 0) is 64.9 Å². The van der Waals surface area contributed by atoms with Crippen LogP contribution >= 0.6 is 0 Å². The molecule has 0 aromatic heterocycles. The van der Waals surface area contributed by atoms with Gasteiger partial charge in [0.25, 0.3) is 23.6 Å². The van der Waals surface area contributed by atoms with Crippen LogP contribution in [0.2, 0.25) is 0 Å². The number of amides is 7. The van der Waals surface area contributed by atoms with Crippen molar-refractivity contribution >= 4 is 105 Å². The Balaban J connectivity index is 0.000000208. The number of Topliss-reactive ketones (excluding diaryl/α,β-unsaturated/α-hetero) is 1. The highest BCUT2D eigenvalue weighted by molar-refractivity contribution is 6.13. The molecule has 2 aliphatic rings. The Labute approximate surface area is 394 Å². The molecule has 18 nitrogen and oxygen atoms in total. The SMILES string of the molecule is CC(=O)CN1C(=O)[C@@H](NC(=O)c2cccc3ccccc23)CN(C=O)c2ccccc21.O=C[C@H](CC(=O)O)NC(=O)CN1C(=O)[C@@H](NC(=O)c2cccc3ccccc23)CN(C=O)c2ccccc21. The Morgan fingerprint density at radius 2 is 0.986 bits per heavy atom. The number of hydrogen-bond donors (Lipinski definition) is 4. The number of carbonyl (C=O) groups excluding carboxylic acids is 9. The number of ketones is 1. The number of hydrogen-bond acceptors (Lipinski definition) is 10. The number of fused-ring (bicyclic) bond motifs is 4. The van der Waals surface area contributed by atoms with Gasteiger partial charge in [-0.25, -0.2) is 0 Å². The van der Waals surface area contributed by atoms with E-state index in [4.69, 9.17) is 5.11 Å². The lowest BCUT2D eigenvalue weighted by Crippen LogP contribution is -2.54. The lowest BCUT2D eigenvalue weighted by atomic mass is 10.0. The van der Waals surface area contributed by atoms with Crippen molar-refractivity contribution in [2.75, 3.05) is 45.8 Å². The number of carbonyl (C=O) groups is 10. The Bertz CT molecular complexity index is 3000. The topological polar surface area (TPSA) is 240 Å². The zero-order valence-electron chi connectivity index (χ0n) is 37.0. The van der Waals surface area contributed by atoms with Gasteiger partial charge in [0, 0.05) is 11.1 Å². The van der Waals surface area contributed by atoms with Gasteiger partial charge in [-0.15, -0.1) is 0 Å². The summed E-state index contributed by atoms with van der Waals surface area (Å²) in [5.74, 6) is -4.34. The lowest BCUT2D eigenvalue weighted by Gasteiger charge is -2.25. The molecule has 8 rings (SSSR count). The molecule has 3 atom stereocenters. The molecule has 2 aliphatic heterocycles. The standard InChI is InChI=1S/C27H24N4O7.C24H21N3O4/c32-15-18(12-25(35)36)28-24(34)14-31-23-11-4-3-10-22(23)30(16-33)13-21(27(31)38)29-26(37)20-9-5-7-17-6-1-2-8-19(17)20;1-16(29)13-27-22-12-5-4-11-21(22)26(15-28)14-20(24(27)31)25-23(30)19-10-6-8-17-7-2-3-9-18(17)19/h1-11,15-16,18,21H,12-14H2,(H,28,34)(H,29,37)(H,35,36);2-12,15,20H,13-14H2,1H3,(H,25,30)/t18-,21-;20-/m00/s1. The highest BCUT2D eigenvalue weighted by Crippen LogP contribution is 2.34. The highest BCUT2D eigenvalue weighted by Gasteiger charge is 2.37. The fourth-order valence-electron chi connectivity index (χ4n) is 8.23. The molecule has 0 spiro atoms. The molecule has 6 aromatic rings. The molecule has 0 saturated carbocycles. The summed E-state index contributed by atoms with van der Waals surface area (Å²) < 4.78 is 0. The molecule has 0 bridgehead atoms. The summed E-state index contributed by atoms with van der Waals surface area (Å²) >= 11 is 0. The van der Waals surface area contributed by atoms with Crippen molar-refractivity contribution in [1.82, 2.24) is 16.0 Å². The number of carboxylic acid groups (broad SMARTS) is 1. The molecule has 2 heterocycles. The summed E-state index contributed by atoms with van der Waals surface area (Å²) in [7, 11) is 0. The summed E-state index contributed by atoms with van der Waals surface area (Å²) in [5, 5.41) is 19.9. The largest absolute Gasteiger partial charge is 0.481 e. The fraction of sp³-hybridized carbons (Fsp3) is 0.176. The second-order valence-corrected chi connectivity index (χ2v) is 16.1. The zero-order valence-corrected chi connectivity index (χ0v) is 37.0. The maximum Gasteiger partial charge on any atom is 0.305 e. The number of aliphatic carboxylic acids is 1. The average Bonchev–Trinajstić information content (AvgIpc) is 3.53. The molecule has 6 aromatic carbocycles. The van der Waals surface area contributed by atoms with Gasteiger partial charge in [-0.2, -0.15) is 0 Å². The van der Waals surface area contributed by atoms with Crippen LogP contribution in [0.25, 0.3) is 21.5 Å². The van der Waals surface area contributed by atoms with Gasteiger partial charge in [0.1, 0.15) is 30.7 Å². The quantitative estimate of drug-likeness (QED) is 0.115. The number of benzene rings is 6. The minimum Gasteiger partial charge on any atom is -0.481 e. The van der Waals surface area contributed by atoms with E-state index in [1.54, 1.807) is 84.9 Å². The Hall–Kier alpha value is -9.06. The molecular formula is C51H45N7O11. The van der Waals surface area contributed by atoms with E-state index in [-0.39, 0.29) is 31.1 Å². The van der Waals surface area contributed by atoms with Gasteiger partial charge in [-0.1, -0.05) is 97.1 Å². The molecule has 0 unspecified atom stereocenters. The van der Waals surface area contributed by atoms with Crippen molar-refractivity contribution in [3.05, 3.63) is 145 Å². The van der Waals surface area contributed by atoms with Crippen LogP contribution in [0.1, 0.15) is 34.1 Å². The van der Waals surface area contributed by atoms with Gasteiger partial charge in [0.15, 0.2) is 0 Å². The summed E-state index contributed by atoms with van der Waals surface area (Å²) in [6.07, 6.45) is 0.830. The third-order valence-corrected chi connectivity index (χ3v) is 11.4. The number of para-hydroxylation sites is 4. The second kappa shape index (κ2) is 21.5. The van der Waals surface area contributed by atoms with Crippen LogP contribution in [0.3, 0.4) is 0 Å². The molecule has 0 radical (unpaired) electrons. The average molecular weight is 932 g/mol. The number of aldehydes is 1. The van der Waals surface area contributed by atoms with Crippen LogP contribution in [-0.4, -0.2) is 110 Å². The molecule has 7 amide bonds. The van der Waals surface area contributed by atoms with E-state index < -0.39 is 66.6 Å². The second-order valence-electron chi connectivity index (χ2n) is 16.1. The van der Waals surface area contributed by atoms with Crippen LogP contribution in [0.5, 0.6) is 0 Å². The fourth-order valence-corrected chi connectivity index (χ4v) is 8.23. The van der Waals surface area contributed by atoms with Gasteiger partial charge >= 0.3 is 5.97 Å². The maximum atomic E-state index is 13.7. The summed E-state index contributed by atoms with van der Waals surface area (Å²) in [6, 6.07) is 35.1. The number of rotatable bonds is 14. The van der Waals surface area contributed by atoms with Gasteiger partial charge in [0.05, 0.1) is 54.8 Å². The van der Waals surface area contributed by atoms with E-state index in [0.717, 1.165) is 21.1 Å². The maximum absolute atomic E-state index is 13.7. The first kappa shape index (κ1) is 47.9. The lowest BCUT2D eigenvalue weighted by molar-refractivity contribution is -0.139. The molecule has 0 saturated heterocycles. The number of nitrogens with zero attached hydrogens (tertiary/aromatic N) is 4. The molecule has 0 aliphatic carbocycles. The smallest absolute Gasteiger partial charge is 0.305 e. The van der Waals surface area contributed by atoms with Crippen LogP contribution in [0, 0.1) is 0 Å². The van der Waals surface area contributed by atoms with E-state index >= 15 is 0 Å². The summed E-state index contributed by atoms with van der Waals surface area (Å²) in [6.45, 7) is 0.437. The van der Waals surface area contributed by atoms with Crippen LogP contribution in [-0.2, 0) is 38.4 Å². The van der Waals surface area contributed by atoms with E-state index in [1.165, 1.54) is 21.6 Å². The third kappa shape index (κ3) is 10.8. The van der Waals surface area contributed by atoms with Crippen LogP contribution in [0.15, 0.2) is 133 Å². The molecule has 350 valence electrons. The predicted octanol–water partition coefficient (Wildman–Crippen LogP) is 3.64. The first-order chi connectivity index (χ1) is 33.3. The normalized spacial score (nSPS) is 15.8. The van der Waals surface area contributed by atoms with E-state index in [1.807, 2.05) is 48.5 Å². The van der Waals surface area contributed by atoms with Crippen molar-refractivity contribution in [2.24, 2.45) is 0 Å². The van der Waals surface area contributed by atoms with Gasteiger partial charge in [0.2, 0.25) is 18.7 Å². The van der Waals surface area contributed by atoms with Crippen molar-refractivity contribution in [3.8, 4) is 0 Å². The first-order valence-electron chi connectivity index (χ1n) is 21.6. The molecule has 4 N–H and O–H groups in total. The van der Waals surface area contributed by atoms with Crippen molar-refractivity contribution in [2.45, 2.75) is 31.5 Å². The third-order valence-electron chi connectivity index (χ3n) is 11.4. The van der Waals surface area contributed by atoms with Crippen molar-refractivity contribution < 1.29 is 53.1 Å². The minimum atomic E-state index is -1.29. The first-order valence-corrected chi connectivity index (χ1v) is 21.6. The van der Waals surface area contributed by atoms with Gasteiger partial charge < -0.3 is 40.6 Å². The van der Waals surface area contributed by atoms with E-state index in [2.05, 4.69) is 16.0 Å². The monoisotopic (exact) mass is 931 g/mol. The number of anilines is 4. The van der Waals surface area contributed by atoms with Crippen LogP contribution < -0.4 is 35.6 Å². The van der Waals surface area contributed by atoms with Crippen LogP contribution in [0.4, 0.5) is 22.7 Å². The zero-order chi connectivity index (χ0) is 49.2. The van der Waals surface area contributed by atoms with Crippen molar-refractivity contribution in [3.63, 3.8) is 0 Å². The predicted molar refractivity (Wildman–Crippen MR) is 256 cm³/mol. The molecule has 69 heavy (non-hydrogen) atoms. The Morgan fingerprint density at radius 1 is 0.580 bits per heavy atom. The minimum absolute atomic E-state index is 0.0374. The van der Waals surface area contributed by atoms with Gasteiger partial charge in [-0.3, -0.25) is 48.1 Å². The summed E-state index contributed by atoms with van der Waals surface area (Å²) in [5.41, 5.74) is 2.31. The Morgan fingerprint density at radius 3 is 1.41 bits per heavy atom. The number of nitrogens with one attached hydrogen (secondary N) is 3. The van der Waals surface area contributed by atoms with E-state index in [0.29, 0.717) is 52.7 Å². The molecule has 0 fully saturated rings. The molecule has 18 heteroatoms. The number of carboxylic acids is 1. The van der Waals surface area contributed by atoms with E-state index in [9.17, 15) is 47.9 Å².